The van der Waals surface area contributed by atoms with Crippen LogP contribution in [-0.4, -0.2) is 16.4 Å². The lowest BCUT2D eigenvalue weighted by molar-refractivity contribution is 0.869. The van der Waals surface area contributed by atoms with Gasteiger partial charge in [-0.15, -0.1) is 0 Å². The molecule has 0 unspecified atom stereocenters. The highest BCUT2D eigenvalue weighted by atomic mass is 14.9. The first kappa shape index (κ1) is 25.6. The molecule has 0 fully saturated rings. The Balaban J connectivity index is 2.15. The fourth-order valence-electron chi connectivity index (χ4n) is 4.62. The van der Waals surface area contributed by atoms with E-state index in [4.69, 9.17) is 15.0 Å². The summed E-state index contributed by atoms with van der Waals surface area (Å²) < 4.78 is 0. The van der Waals surface area contributed by atoms with Crippen LogP contribution in [0, 0.1) is 53.4 Å². The summed E-state index contributed by atoms with van der Waals surface area (Å²) in [5, 5.41) is 0. The van der Waals surface area contributed by atoms with Crippen LogP contribution in [0.5, 0.6) is 0 Å². The topological polar surface area (TPSA) is 37.6 Å². The Hall–Kier alpha value is -3.07. The molecule has 3 heteroatoms. The van der Waals surface area contributed by atoms with Crippen molar-refractivity contribution in [2.24, 2.45) is 21.8 Å². The van der Waals surface area contributed by atoms with E-state index in [1.165, 1.54) is 33.4 Å². The number of aliphatic imine (C=N–C) groups is 2. The van der Waals surface area contributed by atoms with Gasteiger partial charge in [-0.3, -0.25) is 9.98 Å². The van der Waals surface area contributed by atoms with Gasteiger partial charge in [0, 0.05) is 0 Å². The minimum Gasteiger partial charge on any atom is -0.250 e. The van der Waals surface area contributed by atoms with E-state index in [-0.39, 0.29) is 11.8 Å². The molecule has 1 aromatic heterocycles. The van der Waals surface area contributed by atoms with Crippen molar-refractivity contribution in [3.05, 3.63) is 87.2 Å². The first-order valence-electron chi connectivity index (χ1n) is 12.3. The molecule has 0 spiro atoms. The molecule has 0 atom stereocenters. The Morgan fingerprint density at radius 3 is 1.21 bits per heavy atom. The number of benzene rings is 2. The van der Waals surface area contributed by atoms with Crippen molar-refractivity contribution < 1.29 is 0 Å². The average molecular weight is 454 g/mol. The van der Waals surface area contributed by atoms with Crippen molar-refractivity contribution in [3.8, 4) is 0 Å². The molecule has 0 saturated heterocycles. The molecule has 0 aliphatic heterocycles. The minimum atomic E-state index is 0.240. The molecule has 0 aliphatic rings. The molecular weight excluding hydrogens is 414 g/mol. The Morgan fingerprint density at radius 1 is 0.588 bits per heavy atom. The zero-order chi connectivity index (χ0) is 25.2. The summed E-state index contributed by atoms with van der Waals surface area (Å²) in [5.74, 6) is 0.479. The van der Waals surface area contributed by atoms with Crippen LogP contribution in [0.15, 0.2) is 52.4 Å². The molecule has 0 radical (unpaired) electrons. The maximum Gasteiger partial charge on any atom is 0.0855 e. The van der Waals surface area contributed by atoms with Gasteiger partial charge in [-0.25, -0.2) is 4.98 Å². The predicted molar refractivity (Wildman–Crippen MR) is 148 cm³/mol. The molecule has 0 bridgehead atoms. The van der Waals surface area contributed by atoms with Crippen molar-refractivity contribution in [2.45, 2.75) is 69.2 Å². The SMILES string of the molecule is Cc1cc(C)c(N=C(c2cccc(C(=Nc3c(C)cc(C)cc3C)C(C)C)n2)C(C)C)c(C)c1. The second-order valence-corrected chi connectivity index (χ2v) is 10.2. The van der Waals surface area contributed by atoms with Gasteiger partial charge in [-0.1, -0.05) is 69.2 Å². The third-order valence-corrected chi connectivity index (χ3v) is 6.10. The number of hydrogen-bond acceptors (Lipinski definition) is 3. The van der Waals surface area contributed by atoms with Gasteiger partial charge in [0.25, 0.3) is 0 Å². The molecule has 0 N–H and O–H groups in total. The molecule has 34 heavy (non-hydrogen) atoms. The van der Waals surface area contributed by atoms with E-state index in [0.717, 1.165) is 34.2 Å². The van der Waals surface area contributed by atoms with Gasteiger partial charge in [-0.2, -0.15) is 0 Å². The van der Waals surface area contributed by atoms with Crippen LogP contribution in [-0.2, 0) is 0 Å². The van der Waals surface area contributed by atoms with Crippen LogP contribution < -0.4 is 0 Å². The lowest BCUT2D eigenvalue weighted by Gasteiger charge is -2.16. The fraction of sp³-hybridized carbons (Fsp3) is 0.387. The van der Waals surface area contributed by atoms with Crippen LogP contribution in [0.2, 0.25) is 0 Å². The van der Waals surface area contributed by atoms with Crippen LogP contribution >= 0.6 is 0 Å². The van der Waals surface area contributed by atoms with Crippen molar-refractivity contribution in [1.82, 2.24) is 4.98 Å². The van der Waals surface area contributed by atoms with Crippen LogP contribution in [0.3, 0.4) is 0 Å². The second kappa shape index (κ2) is 10.5. The maximum atomic E-state index is 5.15. The van der Waals surface area contributed by atoms with Crippen LogP contribution in [0.25, 0.3) is 0 Å². The van der Waals surface area contributed by atoms with Gasteiger partial charge < -0.3 is 0 Å². The number of aromatic nitrogens is 1. The van der Waals surface area contributed by atoms with Gasteiger partial charge in [-0.05, 0) is 87.8 Å². The number of hydrogen-bond donors (Lipinski definition) is 0. The van der Waals surface area contributed by atoms with Crippen molar-refractivity contribution >= 4 is 22.8 Å². The number of nitrogens with zero attached hydrogens (tertiary/aromatic N) is 3. The van der Waals surface area contributed by atoms with E-state index in [1.54, 1.807) is 0 Å². The highest BCUT2D eigenvalue weighted by Crippen LogP contribution is 2.29. The van der Waals surface area contributed by atoms with Crippen LogP contribution in [0.4, 0.5) is 11.4 Å². The van der Waals surface area contributed by atoms with E-state index in [0.29, 0.717) is 0 Å². The molecule has 0 saturated carbocycles. The zero-order valence-electron chi connectivity index (χ0n) is 22.5. The lowest BCUT2D eigenvalue weighted by Crippen LogP contribution is -2.16. The average Bonchev–Trinajstić information content (AvgIpc) is 2.72. The number of pyridine rings is 1. The highest BCUT2D eigenvalue weighted by molar-refractivity contribution is 6.05. The lowest BCUT2D eigenvalue weighted by atomic mass is 9.99. The Bertz CT molecular complexity index is 1120. The second-order valence-electron chi connectivity index (χ2n) is 10.2. The summed E-state index contributed by atoms with van der Waals surface area (Å²) in [6, 6.07) is 15.0. The Kier molecular flexibility index (Phi) is 7.86. The smallest absolute Gasteiger partial charge is 0.0855 e. The Morgan fingerprint density at radius 2 is 0.912 bits per heavy atom. The van der Waals surface area contributed by atoms with Gasteiger partial charge in [0.15, 0.2) is 0 Å². The number of rotatable bonds is 6. The summed E-state index contributed by atoms with van der Waals surface area (Å²) in [4.78, 5) is 15.4. The summed E-state index contributed by atoms with van der Waals surface area (Å²) in [6.45, 7) is 21.5. The molecule has 0 aliphatic carbocycles. The summed E-state index contributed by atoms with van der Waals surface area (Å²) in [5.41, 5.74) is 13.2. The third-order valence-electron chi connectivity index (χ3n) is 6.10. The monoisotopic (exact) mass is 453 g/mol. The summed E-state index contributed by atoms with van der Waals surface area (Å²) in [6.07, 6.45) is 0. The molecule has 2 aromatic carbocycles. The van der Waals surface area contributed by atoms with Gasteiger partial charge in [0.1, 0.15) is 0 Å². The predicted octanol–water partition coefficient (Wildman–Crippen LogP) is 8.49. The quantitative estimate of drug-likeness (QED) is 0.345. The standard InChI is InChI=1S/C31H39N3/c1-18(2)28(33-30-22(7)14-20(5)15-23(30)8)26-12-11-13-27(32-26)29(19(3)4)34-31-24(9)16-21(6)17-25(31)10/h11-19H,1-10H3. The first-order valence-corrected chi connectivity index (χ1v) is 12.3. The number of aryl methyl sites for hydroxylation is 6. The van der Waals surface area contributed by atoms with Crippen LogP contribution in [0.1, 0.15) is 72.5 Å². The molecule has 3 nitrogen and oxygen atoms in total. The molecular formula is C31H39N3. The maximum absolute atomic E-state index is 5.15. The van der Waals surface area contributed by atoms with E-state index in [9.17, 15) is 0 Å². The van der Waals surface area contributed by atoms with Gasteiger partial charge >= 0.3 is 0 Å². The van der Waals surface area contributed by atoms with Gasteiger partial charge in [0.2, 0.25) is 0 Å². The Labute approximate surface area is 206 Å². The minimum absolute atomic E-state index is 0.240. The van der Waals surface area contributed by atoms with E-state index < -0.39 is 0 Å². The van der Waals surface area contributed by atoms with Crippen molar-refractivity contribution in [2.75, 3.05) is 0 Å². The molecule has 3 rings (SSSR count). The molecule has 1 heterocycles. The highest BCUT2D eigenvalue weighted by Gasteiger charge is 2.17. The van der Waals surface area contributed by atoms with Crippen molar-refractivity contribution in [1.29, 1.82) is 0 Å². The zero-order valence-corrected chi connectivity index (χ0v) is 22.5. The normalized spacial score (nSPS) is 12.7. The van der Waals surface area contributed by atoms with Gasteiger partial charge in [0.05, 0.1) is 34.2 Å². The van der Waals surface area contributed by atoms with E-state index in [2.05, 4.69) is 112 Å². The van der Waals surface area contributed by atoms with Crippen molar-refractivity contribution in [3.63, 3.8) is 0 Å². The molecule has 178 valence electrons. The third kappa shape index (κ3) is 5.70. The summed E-state index contributed by atoms with van der Waals surface area (Å²) >= 11 is 0. The molecule has 3 aromatic rings. The van der Waals surface area contributed by atoms with E-state index in [1.807, 2.05) is 0 Å². The largest absolute Gasteiger partial charge is 0.250 e. The summed E-state index contributed by atoms with van der Waals surface area (Å²) in [7, 11) is 0. The fourth-order valence-corrected chi connectivity index (χ4v) is 4.62. The molecule has 0 amide bonds. The first-order chi connectivity index (χ1) is 16.0. The van der Waals surface area contributed by atoms with E-state index >= 15 is 0 Å².